The second kappa shape index (κ2) is 3.50. The molecule has 80 valence electrons. The van der Waals surface area contributed by atoms with Gasteiger partial charge in [-0.1, -0.05) is 11.6 Å². The smallest absolute Gasteiger partial charge is 0.257 e. The highest BCUT2D eigenvalue weighted by atomic mass is 35.5. The molecule has 2 nitrogen and oxygen atoms in total. The van der Waals surface area contributed by atoms with Gasteiger partial charge in [-0.3, -0.25) is 4.68 Å². The molecule has 0 spiro atoms. The molecule has 0 bridgehead atoms. The van der Waals surface area contributed by atoms with E-state index >= 15 is 0 Å². The summed E-state index contributed by atoms with van der Waals surface area (Å²) in [5.74, 6) is 0. The van der Waals surface area contributed by atoms with E-state index in [4.69, 9.17) is 11.6 Å². The van der Waals surface area contributed by atoms with Crippen molar-refractivity contribution in [2.45, 2.75) is 39.7 Å². The van der Waals surface area contributed by atoms with E-state index in [1.54, 1.807) is 6.92 Å². The van der Waals surface area contributed by atoms with Gasteiger partial charge in [0.2, 0.25) is 0 Å². The summed E-state index contributed by atoms with van der Waals surface area (Å²) in [6.45, 7) is 6.98. The van der Waals surface area contributed by atoms with Gasteiger partial charge in [-0.25, -0.2) is 8.78 Å². The minimum atomic E-state index is -2.55. The molecule has 0 radical (unpaired) electrons. The van der Waals surface area contributed by atoms with Crippen molar-refractivity contribution in [2.75, 3.05) is 0 Å². The fraction of sp³-hybridized carbons (Fsp3) is 0.667. The van der Waals surface area contributed by atoms with Crippen LogP contribution in [0.5, 0.6) is 0 Å². The second-order valence-corrected chi connectivity index (χ2v) is 4.54. The van der Waals surface area contributed by atoms with Crippen LogP contribution >= 0.6 is 11.6 Å². The standard InChI is InChI=1S/C9H13ClF2N2/c1-5-6(8(11)12)14(9(2,3)4)13-7(5)10/h8H,1-4H3. The largest absolute Gasteiger partial charge is 0.280 e. The van der Waals surface area contributed by atoms with Gasteiger partial charge in [0.05, 0.1) is 5.54 Å². The molecule has 14 heavy (non-hydrogen) atoms. The molecule has 5 heteroatoms. The van der Waals surface area contributed by atoms with Gasteiger partial charge in [-0.2, -0.15) is 5.10 Å². The Balaban J connectivity index is 3.37. The molecule has 0 fully saturated rings. The highest BCUT2D eigenvalue weighted by molar-refractivity contribution is 6.30. The Labute approximate surface area is 86.9 Å². The van der Waals surface area contributed by atoms with E-state index in [2.05, 4.69) is 5.10 Å². The summed E-state index contributed by atoms with van der Waals surface area (Å²) >= 11 is 5.72. The summed E-state index contributed by atoms with van der Waals surface area (Å²) in [6.07, 6.45) is -2.55. The Kier molecular flexibility index (Phi) is 2.86. The summed E-state index contributed by atoms with van der Waals surface area (Å²) in [5, 5.41) is 4.05. The number of alkyl halides is 2. The Morgan fingerprint density at radius 1 is 1.36 bits per heavy atom. The van der Waals surface area contributed by atoms with Crippen molar-refractivity contribution < 1.29 is 8.78 Å². The molecule has 0 saturated heterocycles. The van der Waals surface area contributed by atoms with E-state index in [9.17, 15) is 8.78 Å². The number of nitrogens with zero attached hydrogens (tertiary/aromatic N) is 2. The first-order valence-corrected chi connectivity index (χ1v) is 4.66. The molecular formula is C9H13ClF2N2. The minimum Gasteiger partial charge on any atom is -0.257 e. The van der Waals surface area contributed by atoms with Gasteiger partial charge >= 0.3 is 0 Å². The van der Waals surface area contributed by atoms with E-state index in [1.165, 1.54) is 4.68 Å². The summed E-state index contributed by atoms with van der Waals surface area (Å²) in [6, 6.07) is 0. The number of aromatic nitrogens is 2. The summed E-state index contributed by atoms with van der Waals surface area (Å²) < 4.78 is 26.7. The Hall–Kier alpha value is -0.640. The van der Waals surface area contributed by atoms with E-state index in [-0.39, 0.29) is 10.8 Å². The van der Waals surface area contributed by atoms with E-state index in [1.807, 2.05) is 20.8 Å². The van der Waals surface area contributed by atoms with E-state index < -0.39 is 12.0 Å². The number of halogens is 3. The summed E-state index contributed by atoms with van der Waals surface area (Å²) in [4.78, 5) is 0. The van der Waals surface area contributed by atoms with Crippen molar-refractivity contribution in [1.29, 1.82) is 0 Å². The van der Waals surface area contributed by atoms with Gasteiger partial charge in [-0.15, -0.1) is 0 Å². The molecule has 0 atom stereocenters. The van der Waals surface area contributed by atoms with Crippen molar-refractivity contribution in [2.24, 2.45) is 0 Å². The molecule has 0 unspecified atom stereocenters. The quantitative estimate of drug-likeness (QED) is 0.711. The van der Waals surface area contributed by atoms with Crippen molar-refractivity contribution in [3.05, 3.63) is 16.4 Å². The summed E-state index contributed by atoms with van der Waals surface area (Å²) in [5.41, 5.74) is -0.219. The number of hydrogen-bond acceptors (Lipinski definition) is 1. The highest BCUT2D eigenvalue weighted by Gasteiger charge is 2.27. The van der Waals surface area contributed by atoms with Crippen LogP contribution < -0.4 is 0 Å². The molecule has 0 aliphatic carbocycles. The van der Waals surface area contributed by atoms with Crippen LogP contribution in [0, 0.1) is 6.92 Å². The predicted octanol–water partition coefficient (Wildman–Crippen LogP) is 3.54. The molecular weight excluding hydrogens is 210 g/mol. The third kappa shape index (κ3) is 1.90. The van der Waals surface area contributed by atoms with Gasteiger partial charge < -0.3 is 0 Å². The monoisotopic (exact) mass is 222 g/mol. The van der Waals surface area contributed by atoms with Crippen LogP contribution in [0.1, 0.15) is 38.5 Å². The maximum absolute atomic E-state index is 12.7. The second-order valence-electron chi connectivity index (χ2n) is 4.18. The molecule has 1 aromatic rings. The predicted molar refractivity (Wildman–Crippen MR) is 51.9 cm³/mol. The van der Waals surface area contributed by atoms with Crippen molar-refractivity contribution in [3.63, 3.8) is 0 Å². The lowest BCUT2D eigenvalue weighted by Gasteiger charge is -2.22. The highest BCUT2D eigenvalue weighted by Crippen LogP contribution is 2.31. The van der Waals surface area contributed by atoms with Crippen LogP contribution in [0.25, 0.3) is 0 Å². The Morgan fingerprint density at radius 2 is 1.86 bits per heavy atom. The average Bonchev–Trinajstić information content (AvgIpc) is 2.27. The number of hydrogen-bond donors (Lipinski definition) is 0. The van der Waals surface area contributed by atoms with E-state index in [0.717, 1.165) is 0 Å². The minimum absolute atomic E-state index is 0.0949. The first-order chi connectivity index (χ1) is 6.25. The lowest BCUT2D eigenvalue weighted by atomic mass is 10.1. The maximum Gasteiger partial charge on any atom is 0.280 e. The van der Waals surface area contributed by atoms with Crippen LogP contribution in [-0.2, 0) is 5.54 Å². The van der Waals surface area contributed by atoms with Crippen LogP contribution in [0.3, 0.4) is 0 Å². The fourth-order valence-electron chi connectivity index (χ4n) is 1.25. The van der Waals surface area contributed by atoms with Crippen LogP contribution in [0.15, 0.2) is 0 Å². The van der Waals surface area contributed by atoms with Crippen molar-refractivity contribution in [1.82, 2.24) is 9.78 Å². The zero-order valence-corrected chi connectivity index (χ0v) is 9.36. The lowest BCUT2D eigenvalue weighted by Crippen LogP contribution is -2.25. The van der Waals surface area contributed by atoms with E-state index in [0.29, 0.717) is 5.56 Å². The van der Waals surface area contributed by atoms with Crippen LogP contribution in [0.4, 0.5) is 8.78 Å². The molecule has 0 aliphatic rings. The third-order valence-corrected chi connectivity index (χ3v) is 2.31. The van der Waals surface area contributed by atoms with Gasteiger partial charge in [0.15, 0.2) is 5.15 Å². The molecule has 0 aromatic carbocycles. The zero-order valence-electron chi connectivity index (χ0n) is 8.61. The van der Waals surface area contributed by atoms with Crippen molar-refractivity contribution >= 4 is 11.6 Å². The normalized spacial score (nSPS) is 12.6. The van der Waals surface area contributed by atoms with Gasteiger partial charge in [-0.05, 0) is 27.7 Å². The van der Waals surface area contributed by atoms with Crippen molar-refractivity contribution in [3.8, 4) is 0 Å². The topological polar surface area (TPSA) is 17.8 Å². The molecule has 1 heterocycles. The fourth-order valence-corrected chi connectivity index (χ4v) is 1.42. The lowest BCUT2D eigenvalue weighted by molar-refractivity contribution is 0.129. The van der Waals surface area contributed by atoms with Gasteiger partial charge in [0.25, 0.3) is 6.43 Å². The zero-order chi connectivity index (χ0) is 11.1. The van der Waals surface area contributed by atoms with Crippen LogP contribution in [-0.4, -0.2) is 9.78 Å². The summed E-state index contributed by atoms with van der Waals surface area (Å²) in [7, 11) is 0. The first-order valence-electron chi connectivity index (χ1n) is 4.28. The number of rotatable bonds is 1. The first kappa shape index (κ1) is 11.4. The SMILES string of the molecule is Cc1c(Cl)nn(C(C)(C)C)c1C(F)F. The maximum atomic E-state index is 12.7. The van der Waals surface area contributed by atoms with Crippen LogP contribution in [0.2, 0.25) is 5.15 Å². The molecule has 0 amide bonds. The molecule has 1 aromatic heterocycles. The Bertz CT molecular complexity index is 339. The Morgan fingerprint density at radius 3 is 2.14 bits per heavy atom. The van der Waals surface area contributed by atoms with Gasteiger partial charge in [0, 0.05) is 5.56 Å². The molecule has 0 N–H and O–H groups in total. The molecule has 1 rings (SSSR count). The van der Waals surface area contributed by atoms with Gasteiger partial charge in [0.1, 0.15) is 5.69 Å². The molecule has 0 aliphatic heterocycles. The third-order valence-electron chi connectivity index (χ3n) is 1.95. The molecule has 0 saturated carbocycles. The average molecular weight is 223 g/mol.